The van der Waals surface area contributed by atoms with Gasteiger partial charge < -0.3 is 14.7 Å². The van der Waals surface area contributed by atoms with Crippen LogP contribution in [-0.2, 0) is 0 Å². The van der Waals surface area contributed by atoms with E-state index in [1.165, 1.54) is 0 Å². The van der Waals surface area contributed by atoms with E-state index in [2.05, 4.69) is 6.92 Å². The molecule has 0 saturated carbocycles. The van der Waals surface area contributed by atoms with Gasteiger partial charge in [0.25, 0.3) is 5.91 Å². The molecule has 0 bridgehead atoms. The number of hydrogen-bond donors (Lipinski definition) is 1. The molecular formula is C21H27NO3. The van der Waals surface area contributed by atoms with Crippen molar-refractivity contribution in [1.29, 1.82) is 0 Å². The Kier molecular flexibility index (Phi) is 7.02. The second-order valence-corrected chi connectivity index (χ2v) is 6.21. The van der Waals surface area contributed by atoms with Gasteiger partial charge in [0.05, 0.1) is 24.3 Å². The lowest BCUT2D eigenvalue weighted by molar-refractivity contribution is 0.0483. The second kappa shape index (κ2) is 9.23. The van der Waals surface area contributed by atoms with Crippen molar-refractivity contribution in [1.82, 2.24) is 4.90 Å². The lowest BCUT2D eigenvalue weighted by Gasteiger charge is -2.29. The molecule has 4 nitrogen and oxygen atoms in total. The Morgan fingerprint density at radius 3 is 2.44 bits per heavy atom. The van der Waals surface area contributed by atoms with Gasteiger partial charge in [0.1, 0.15) is 5.75 Å². The van der Waals surface area contributed by atoms with Gasteiger partial charge in [-0.15, -0.1) is 0 Å². The minimum atomic E-state index is -0.747. The smallest absolute Gasteiger partial charge is 0.257 e. The van der Waals surface area contributed by atoms with Crippen molar-refractivity contribution in [3.05, 3.63) is 65.7 Å². The van der Waals surface area contributed by atoms with Crippen LogP contribution in [0.15, 0.2) is 54.6 Å². The predicted octanol–water partition coefficient (Wildman–Crippen LogP) is 4.06. The molecule has 2 rings (SSSR count). The van der Waals surface area contributed by atoms with Gasteiger partial charge in [-0.25, -0.2) is 0 Å². The summed E-state index contributed by atoms with van der Waals surface area (Å²) in [7, 11) is 1.71. The van der Waals surface area contributed by atoms with Gasteiger partial charge in [0, 0.05) is 7.05 Å². The molecule has 1 amide bonds. The van der Waals surface area contributed by atoms with Crippen LogP contribution in [0.25, 0.3) is 0 Å². The van der Waals surface area contributed by atoms with E-state index < -0.39 is 6.10 Å². The molecule has 2 aromatic rings. The monoisotopic (exact) mass is 341 g/mol. The first-order valence-electron chi connectivity index (χ1n) is 8.78. The number of aliphatic hydroxyl groups is 1. The number of para-hydroxylation sites is 1. The van der Waals surface area contributed by atoms with Gasteiger partial charge in [-0.1, -0.05) is 55.8 Å². The number of aliphatic hydroxyl groups excluding tert-OH is 1. The highest BCUT2D eigenvalue weighted by Gasteiger charge is 2.26. The van der Waals surface area contributed by atoms with Crippen LogP contribution < -0.4 is 4.74 Å². The standard InChI is InChI=1S/C21H27NO3/c1-4-5-15-25-19-14-10-9-13-18(19)21(24)22(3)16(2)20(23)17-11-7-6-8-12-17/h6-14,16,20,23H,4-5,15H2,1-3H3. The molecule has 2 atom stereocenters. The number of likely N-dealkylation sites (N-methyl/N-ethyl adjacent to an activating group) is 1. The molecule has 0 saturated heterocycles. The molecule has 2 unspecified atom stereocenters. The molecule has 0 aliphatic rings. The fourth-order valence-electron chi connectivity index (χ4n) is 2.61. The lowest BCUT2D eigenvalue weighted by atomic mass is 10.0. The maximum Gasteiger partial charge on any atom is 0.257 e. The number of rotatable bonds is 8. The van der Waals surface area contributed by atoms with Crippen molar-refractivity contribution < 1.29 is 14.6 Å². The van der Waals surface area contributed by atoms with Gasteiger partial charge in [0.15, 0.2) is 0 Å². The number of unbranched alkanes of at least 4 members (excludes halogenated alkanes) is 1. The van der Waals surface area contributed by atoms with E-state index in [1.807, 2.05) is 55.5 Å². The zero-order chi connectivity index (χ0) is 18.2. The third kappa shape index (κ3) is 4.83. The van der Waals surface area contributed by atoms with Crippen LogP contribution in [0.3, 0.4) is 0 Å². The minimum Gasteiger partial charge on any atom is -0.493 e. The molecule has 0 aliphatic carbocycles. The fourth-order valence-corrected chi connectivity index (χ4v) is 2.61. The first kappa shape index (κ1) is 19.0. The highest BCUT2D eigenvalue weighted by molar-refractivity contribution is 5.97. The summed E-state index contributed by atoms with van der Waals surface area (Å²) in [5.74, 6) is 0.434. The number of ether oxygens (including phenoxy) is 1. The summed E-state index contributed by atoms with van der Waals surface area (Å²) in [6.45, 7) is 4.53. The zero-order valence-corrected chi connectivity index (χ0v) is 15.2. The van der Waals surface area contributed by atoms with Gasteiger partial charge >= 0.3 is 0 Å². The number of carbonyl (C=O) groups is 1. The number of amides is 1. The van der Waals surface area contributed by atoms with Crippen LogP contribution >= 0.6 is 0 Å². The average Bonchev–Trinajstić information content (AvgIpc) is 2.67. The number of benzene rings is 2. The summed E-state index contributed by atoms with van der Waals surface area (Å²) < 4.78 is 5.76. The number of hydrogen-bond acceptors (Lipinski definition) is 3. The molecular weight excluding hydrogens is 314 g/mol. The highest BCUT2D eigenvalue weighted by Crippen LogP contribution is 2.24. The number of carbonyl (C=O) groups excluding carboxylic acids is 1. The molecule has 1 N–H and O–H groups in total. The number of nitrogens with zero attached hydrogens (tertiary/aromatic N) is 1. The Labute approximate surface area is 150 Å². The zero-order valence-electron chi connectivity index (χ0n) is 15.2. The Balaban J connectivity index is 2.14. The Hall–Kier alpha value is -2.33. The van der Waals surface area contributed by atoms with Crippen LogP contribution in [-0.4, -0.2) is 35.6 Å². The fraction of sp³-hybridized carbons (Fsp3) is 0.381. The molecule has 25 heavy (non-hydrogen) atoms. The molecule has 2 aromatic carbocycles. The molecule has 0 aliphatic heterocycles. The van der Waals surface area contributed by atoms with Crippen LogP contribution in [0.5, 0.6) is 5.75 Å². The summed E-state index contributed by atoms with van der Waals surface area (Å²) in [6, 6.07) is 16.3. The first-order valence-corrected chi connectivity index (χ1v) is 8.78. The Morgan fingerprint density at radius 2 is 1.76 bits per heavy atom. The van der Waals surface area contributed by atoms with Crippen molar-refractivity contribution >= 4 is 5.91 Å². The molecule has 0 radical (unpaired) electrons. The van der Waals surface area contributed by atoms with Crippen molar-refractivity contribution in [3.8, 4) is 5.75 Å². The summed E-state index contributed by atoms with van der Waals surface area (Å²) >= 11 is 0. The Morgan fingerprint density at radius 1 is 1.12 bits per heavy atom. The van der Waals surface area contributed by atoms with Crippen molar-refractivity contribution in [2.24, 2.45) is 0 Å². The molecule has 0 fully saturated rings. The van der Waals surface area contributed by atoms with E-state index in [4.69, 9.17) is 4.74 Å². The Bertz CT molecular complexity index is 672. The van der Waals surface area contributed by atoms with E-state index >= 15 is 0 Å². The minimum absolute atomic E-state index is 0.158. The average molecular weight is 341 g/mol. The van der Waals surface area contributed by atoms with Crippen molar-refractivity contribution in [2.45, 2.75) is 38.8 Å². The summed E-state index contributed by atoms with van der Waals surface area (Å²) in [4.78, 5) is 14.5. The molecule has 0 heterocycles. The van der Waals surface area contributed by atoms with Gasteiger partial charge in [-0.3, -0.25) is 4.79 Å². The highest BCUT2D eigenvalue weighted by atomic mass is 16.5. The van der Waals surface area contributed by atoms with Crippen molar-refractivity contribution in [3.63, 3.8) is 0 Å². The van der Waals surface area contributed by atoms with E-state index in [9.17, 15) is 9.90 Å². The summed E-state index contributed by atoms with van der Waals surface area (Å²) in [5, 5.41) is 10.6. The summed E-state index contributed by atoms with van der Waals surface area (Å²) in [5.41, 5.74) is 1.32. The maximum atomic E-state index is 12.9. The van der Waals surface area contributed by atoms with Gasteiger partial charge in [-0.2, -0.15) is 0 Å². The normalized spacial score (nSPS) is 13.1. The summed E-state index contributed by atoms with van der Waals surface area (Å²) in [6.07, 6.45) is 1.24. The lowest BCUT2D eigenvalue weighted by Crippen LogP contribution is -2.39. The second-order valence-electron chi connectivity index (χ2n) is 6.21. The molecule has 0 aromatic heterocycles. The predicted molar refractivity (Wildman–Crippen MR) is 99.8 cm³/mol. The quantitative estimate of drug-likeness (QED) is 0.737. The van der Waals surface area contributed by atoms with E-state index in [1.54, 1.807) is 18.0 Å². The van der Waals surface area contributed by atoms with E-state index in [-0.39, 0.29) is 11.9 Å². The van der Waals surface area contributed by atoms with E-state index in [0.29, 0.717) is 17.9 Å². The third-order valence-electron chi connectivity index (χ3n) is 4.40. The molecule has 0 spiro atoms. The van der Waals surface area contributed by atoms with Crippen LogP contribution in [0, 0.1) is 0 Å². The SMILES string of the molecule is CCCCOc1ccccc1C(=O)N(C)C(C)C(O)c1ccccc1. The molecule has 4 heteroatoms. The largest absolute Gasteiger partial charge is 0.493 e. The van der Waals surface area contributed by atoms with Crippen LogP contribution in [0.4, 0.5) is 0 Å². The maximum absolute atomic E-state index is 12.9. The van der Waals surface area contributed by atoms with Crippen LogP contribution in [0.2, 0.25) is 0 Å². The molecule has 134 valence electrons. The van der Waals surface area contributed by atoms with Crippen molar-refractivity contribution in [2.75, 3.05) is 13.7 Å². The topological polar surface area (TPSA) is 49.8 Å². The first-order chi connectivity index (χ1) is 12.1. The van der Waals surface area contributed by atoms with Gasteiger partial charge in [0.2, 0.25) is 0 Å². The van der Waals surface area contributed by atoms with E-state index in [0.717, 1.165) is 18.4 Å². The van der Waals surface area contributed by atoms with Crippen LogP contribution in [0.1, 0.15) is 48.7 Å². The third-order valence-corrected chi connectivity index (χ3v) is 4.40. The van der Waals surface area contributed by atoms with Gasteiger partial charge in [-0.05, 0) is 31.0 Å².